The maximum atomic E-state index is 11.3. The molecule has 0 spiro atoms. The van der Waals surface area contributed by atoms with Crippen LogP contribution in [0.15, 0.2) is 24.3 Å². The number of aliphatic hydroxyl groups excluding tert-OH is 1. The van der Waals surface area contributed by atoms with Crippen LogP contribution in [-0.2, 0) is 4.74 Å². The summed E-state index contributed by atoms with van der Waals surface area (Å²) in [5, 5.41) is 9.10. The molecule has 1 aliphatic carbocycles. The predicted molar refractivity (Wildman–Crippen MR) is 85.0 cm³/mol. The first-order valence-electron chi connectivity index (χ1n) is 7.53. The van der Waals surface area contributed by atoms with Crippen molar-refractivity contribution < 1.29 is 14.6 Å². The third-order valence-electron chi connectivity index (χ3n) is 3.96. The molecule has 3 nitrogen and oxygen atoms in total. The Kier molecular flexibility index (Phi) is 6.07. The van der Waals surface area contributed by atoms with E-state index in [0.717, 1.165) is 31.2 Å². The molecule has 0 heterocycles. The summed E-state index contributed by atoms with van der Waals surface area (Å²) in [5.74, 6) is 12.5. The lowest BCUT2D eigenvalue weighted by Crippen LogP contribution is -2.16. The van der Waals surface area contributed by atoms with Gasteiger partial charge in [0.25, 0.3) is 0 Å². The minimum atomic E-state index is -0.349. The predicted octanol–water partition coefficient (Wildman–Crippen LogP) is 2.63. The van der Waals surface area contributed by atoms with Crippen LogP contribution in [0.2, 0.25) is 0 Å². The van der Waals surface area contributed by atoms with Gasteiger partial charge in [-0.1, -0.05) is 11.8 Å². The van der Waals surface area contributed by atoms with Crippen molar-refractivity contribution in [3.8, 4) is 23.7 Å². The molecule has 0 unspecified atom stereocenters. The molecule has 3 heteroatoms. The van der Waals surface area contributed by atoms with Crippen molar-refractivity contribution in [1.29, 1.82) is 0 Å². The number of methoxy groups -OCH3 is 1. The van der Waals surface area contributed by atoms with Gasteiger partial charge in [0.1, 0.15) is 0 Å². The minimum absolute atomic E-state index is 0.293. The average Bonchev–Trinajstić information content (AvgIpc) is 2.59. The molecule has 0 bridgehead atoms. The quantitative estimate of drug-likeness (QED) is 0.674. The van der Waals surface area contributed by atoms with E-state index in [9.17, 15) is 4.79 Å². The lowest BCUT2D eigenvalue weighted by atomic mass is 9.83. The van der Waals surface area contributed by atoms with Crippen LogP contribution in [0, 0.1) is 35.5 Å². The number of hydrogen-bond donors (Lipinski definition) is 1. The zero-order valence-electron chi connectivity index (χ0n) is 12.8. The minimum Gasteiger partial charge on any atom is -0.465 e. The monoisotopic (exact) mass is 296 g/mol. The van der Waals surface area contributed by atoms with Crippen LogP contribution in [0.4, 0.5) is 0 Å². The molecule has 1 aromatic rings. The number of hydrogen-bond acceptors (Lipinski definition) is 3. The molecule has 0 aromatic heterocycles. The second kappa shape index (κ2) is 8.27. The van der Waals surface area contributed by atoms with Gasteiger partial charge in [0.2, 0.25) is 0 Å². The molecule has 22 heavy (non-hydrogen) atoms. The summed E-state index contributed by atoms with van der Waals surface area (Å²) in [5.41, 5.74) is 1.34. The summed E-state index contributed by atoms with van der Waals surface area (Å²) in [6, 6.07) is 6.96. The first-order valence-corrected chi connectivity index (χ1v) is 7.53. The van der Waals surface area contributed by atoms with Gasteiger partial charge in [0.05, 0.1) is 12.7 Å². The fourth-order valence-electron chi connectivity index (χ4n) is 2.54. The molecule has 0 atom stereocenters. The van der Waals surface area contributed by atoms with Crippen molar-refractivity contribution in [2.75, 3.05) is 13.7 Å². The first-order chi connectivity index (χ1) is 10.7. The Hall–Kier alpha value is -2.23. The summed E-state index contributed by atoms with van der Waals surface area (Å²) in [6.07, 6.45) is 4.21. The third kappa shape index (κ3) is 4.65. The Morgan fingerprint density at radius 2 is 1.86 bits per heavy atom. The van der Waals surface area contributed by atoms with Crippen molar-refractivity contribution in [3.63, 3.8) is 0 Å². The molecule has 1 aromatic carbocycles. The molecule has 0 aliphatic heterocycles. The summed E-state index contributed by atoms with van der Waals surface area (Å²) in [7, 11) is 1.36. The van der Waals surface area contributed by atoms with Gasteiger partial charge < -0.3 is 9.84 Å². The molecule has 0 radical (unpaired) electrons. The Balaban J connectivity index is 1.89. The van der Waals surface area contributed by atoms with Crippen molar-refractivity contribution >= 4 is 5.97 Å². The molecule has 1 N–H and O–H groups in total. The Bertz CT molecular complexity index is 615. The summed E-state index contributed by atoms with van der Waals surface area (Å²) >= 11 is 0. The molecular weight excluding hydrogens is 276 g/mol. The van der Waals surface area contributed by atoms with Gasteiger partial charge in [-0.3, -0.25) is 0 Å². The molecule has 1 saturated carbocycles. The molecular formula is C19H20O3. The number of carbonyl (C=O) groups excluding carboxylic acids is 1. The summed E-state index contributed by atoms with van der Waals surface area (Å²) in [4.78, 5) is 11.3. The van der Waals surface area contributed by atoms with E-state index >= 15 is 0 Å². The summed E-state index contributed by atoms with van der Waals surface area (Å²) < 4.78 is 4.64. The van der Waals surface area contributed by atoms with E-state index < -0.39 is 0 Å². The van der Waals surface area contributed by atoms with E-state index in [1.165, 1.54) is 7.11 Å². The van der Waals surface area contributed by atoms with Gasteiger partial charge in [-0.2, -0.15) is 0 Å². The van der Waals surface area contributed by atoms with Gasteiger partial charge in [-0.25, -0.2) is 4.79 Å². The Labute approximate surface area is 131 Å². The zero-order chi connectivity index (χ0) is 15.8. The fourth-order valence-corrected chi connectivity index (χ4v) is 2.54. The highest BCUT2D eigenvalue weighted by Crippen LogP contribution is 2.27. The van der Waals surface area contributed by atoms with E-state index in [1.54, 1.807) is 24.3 Å². The van der Waals surface area contributed by atoms with Crippen LogP contribution in [0.1, 0.15) is 41.6 Å². The molecule has 1 fully saturated rings. The highest BCUT2D eigenvalue weighted by molar-refractivity contribution is 5.89. The molecule has 1 aliphatic rings. The standard InChI is InChI=1S/C19H20O3/c1-22-19(21)18-12-10-16(11-13-18)5-3-2-4-15-6-8-17(14-20)9-7-15/h10-13,15,17,20H,6-9,14H2,1H3. The second-order valence-corrected chi connectivity index (χ2v) is 5.49. The van der Waals surface area contributed by atoms with Crippen LogP contribution < -0.4 is 0 Å². The van der Waals surface area contributed by atoms with Gasteiger partial charge in [0, 0.05) is 18.1 Å². The largest absolute Gasteiger partial charge is 0.465 e. The van der Waals surface area contributed by atoms with Crippen molar-refractivity contribution in [2.45, 2.75) is 25.7 Å². The number of ether oxygens (including phenoxy) is 1. The number of aliphatic hydroxyl groups is 1. The maximum absolute atomic E-state index is 11.3. The highest BCUT2D eigenvalue weighted by Gasteiger charge is 2.18. The highest BCUT2D eigenvalue weighted by atomic mass is 16.5. The van der Waals surface area contributed by atoms with Crippen molar-refractivity contribution in [1.82, 2.24) is 0 Å². The van der Waals surface area contributed by atoms with Crippen LogP contribution in [0.5, 0.6) is 0 Å². The lowest BCUT2D eigenvalue weighted by Gasteiger charge is -2.23. The topological polar surface area (TPSA) is 46.5 Å². The van der Waals surface area contributed by atoms with Crippen LogP contribution in [0.3, 0.4) is 0 Å². The van der Waals surface area contributed by atoms with Gasteiger partial charge in [0.15, 0.2) is 0 Å². The number of benzene rings is 1. The summed E-state index contributed by atoms with van der Waals surface area (Å²) in [6.45, 7) is 0.293. The van der Waals surface area contributed by atoms with Gasteiger partial charge in [-0.15, -0.1) is 0 Å². The van der Waals surface area contributed by atoms with Crippen LogP contribution >= 0.6 is 0 Å². The maximum Gasteiger partial charge on any atom is 0.337 e. The molecule has 0 amide bonds. The van der Waals surface area contributed by atoms with Crippen LogP contribution in [-0.4, -0.2) is 24.8 Å². The van der Waals surface area contributed by atoms with E-state index in [-0.39, 0.29) is 5.97 Å². The number of rotatable bonds is 2. The third-order valence-corrected chi connectivity index (χ3v) is 3.96. The fraction of sp³-hybridized carbons (Fsp3) is 0.421. The SMILES string of the molecule is COC(=O)c1ccc(C#CC#CC2CCC(CO)CC2)cc1. The molecule has 2 rings (SSSR count). The van der Waals surface area contributed by atoms with E-state index in [4.69, 9.17) is 5.11 Å². The molecule has 0 saturated heterocycles. The van der Waals surface area contributed by atoms with Gasteiger partial charge >= 0.3 is 5.97 Å². The number of carbonyl (C=O) groups is 1. The van der Waals surface area contributed by atoms with Crippen molar-refractivity contribution in [3.05, 3.63) is 35.4 Å². The van der Waals surface area contributed by atoms with E-state index in [0.29, 0.717) is 24.0 Å². The average molecular weight is 296 g/mol. The van der Waals surface area contributed by atoms with Crippen molar-refractivity contribution in [2.24, 2.45) is 11.8 Å². The zero-order valence-corrected chi connectivity index (χ0v) is 12.8. The first kappa shape index (κ1) is 16.1. The lowest BCUT2D eigenvalue weighted by molar-refractivity contribution is 0.0600. The Morgan fingerprint density at radius 1 is 1.18 bits per heavy atom. The van der Waals surface area contributed by atoms with E-state index in [2.05, 4.69) is 28.4 Å². The number of esters is 1. The smallest absolute Gasteiger partial charge is 0.337 e. The Morgan fingerprint density at radius 3 is 2.45 bits per heavy atom. The molecule has 114 valence electrons. The van der Waals surface area contributed by atoms with E-state index in [1.807, 2.05) is 0 Å². The second-order valence-electron chi connectivity index (χ2n) is 5.49. The van der Waals surface area contributed by atoms with Crippen LogP contribution in [0.25, 0.3) is 0 Å². The van der Waals surface area contributed by atoms with Gasteiger partial charge in [-0.05, 0) is 67.7 Å². The normalized spacial score (nSPS) is 20.1.